The summed E-state index contributed by atoms with van der Waals surface area (Å²) in [5, 5.41) is 0. The van der Waals surface area contributed by atoms with Gasteiger partial charge in [0.25, 0.3) is 5.91 Å². The van der Waals surface area contributed by atoms with Crippen molar-refractivity contribution in [2.45, 2.75) is 13.5 Å². The molecule has 0 spiro atoms. The number of sulfonamides is 1. The Hall–Kier alpha value is -3.85. The van der Waals surface area contributed by atoms with Crippen molar-refractivity contribution in [3.63, 3.8) is 0 Å². The predicted octanol–water partition coefficient (Wildman–Crippen LogP) is 4.04. The normalized spacial score (nSPS) is 13.7. The van der Waals surface area contributed by atoms with Gasteiger partial charge in [0.2, 0.25) is 10.0 Å². The molecule has 0 bridgehead atoms. The summed E-state index contributed by atoms with van der Waals surface area (Å²) < 4.78 is 34.9. The third kappa shape index (κ3) is 4.46. The number of fused-ring (bicyclic) bond motifs is 2. The van der Waals surface area contributed by atoms with E-state index in [4.69, 9.17) is 9.72 Å². The Balaban J connectivity index is 1.64. The molecule has 0 atom stereocenters. The average Bonchev–Trinajstić information content (AvgIpc) is 3.05. The van der Waals surface area contributed by atoms with E-state index in [0.717, 1.165) is 16.9 Å². The molecule has 0 unspecified atom stereocenters. The van der Waals surface area contributed by atoms with Crippen LogP contribution >= 0.6 is 0 Å². The first-order valence-corrected chi connectivity index (χ1v) is 13.1. The van der Waals surface area contributed by atoms with Crippen LogP contribution in [0.2, 0.25) is 0 Å². The van der Waals surface area contributed by atoms with Gasteiger partial charge in [-0.2, -0.15) is 0 Å². The van der Waals surface area contributed by atoms with Crippen LogP contribution in [0.4, 0.5) is 5.69 Å². The number of hydrogen-bond acceptors (Lipinski definition) is 5. The third-order valence-corrected chi connectivity index (χ3v) is 7.43. The second kappa shape index (κ2) is 9.07. The summed E-state index contributed by atoms with van der Waals surface area (Å²) in [7, 11) is -1.67. The second-order valence-corrected chi connectivity index (χ2v) is 10.5. The number of carbonyl (C=O) groups excluding carboxylic acids is 1. The number of imidazole rings is 1. The second-order valence-electron chi connectivity index (χ2n) is 8.44. The van der Waals surface area contributed by atoms with Crippen molar-refractivity contribution in [1.29, 1.82) is 0 Å². The lowest BCUT2D eigenvalue weighted by Gasteiger charge is -2.21. The van der Waals surface area contributed by atoms with Crippen LogP contribution < -0.4 is 9.46 Å². The minimum atomic E-state index is -3.54. The van der Waals surface area contributed by atoms with E-state index in [-0.39, 0.29) is 11.7 Å². The molecule has 4 aromatic rings. The molecule has 0 fully saturated rings. The number of aromatic nitrogens is 2. The summed E-state index contributed by atoms with van der Waals surface area (Å²) in [5.74, 6) is 1.17. The zero-order chi connectivity index (χ0) is 24.6. The lowest BCUT2D eigenvalue weighted by molar-refractivity contribution is 0.0735. The molecule has 9 heteroatoms. The molecule has 1 N–H and O–H groups in total. The van der Waals surface area contributed by atoms with E-state index in [1.54, 1.807) is 24.0 Å². The molecule has 8 nitrogen and oxygen atoms in total. The van der Waals surface area contributed by atoms with Crippen LogP contribution in [0.1, 0.15) is 22.8 Å². The molecule has 5 rings (SSSR count). The quantitative estimate of drug-likeness (QED) is 0.456. The molecule has 1 aromatic heterocycles. The van der Waals surface area contributed by atoms with E-state index in [9.17, 15) is 13.2 Å². The molecule has 180 valence electrons. The first-order valence-electron chi connectivity index (χ1n) is 11.4. The van der Waals surface area contributed by atoms with E-state index in [2.05, 4.69) is 4.72 Å². The molecule has 1 aliphatic rings. The number of amides is 1. The lowest BCUT2D eigenvalue weighted by Crippen LogP contribution is -2.33. The van der Waals surface area contributed by atoms with E-state index in [1.807, 2.05) is 66.2 Å². The molecule has 1 aliphatic heterocycles. The largest absolute Gasteiger partial charge is 0.491 e. The maximum absolute atomic E-state index is 13.9. The highest BCUT2D eigenvalue weighted by Gasteiger charge is 2.26. The summed E-state index contributed by atoms with van der Waals surface area (Å²) in [6.07, 6.45) is 0. The van der Waals surface area contributed by atoms with Gasteiger partial charge in [-0.25, -0.2) is 13.4 Å². The van der Waals surface area contributed by atoms with Gasteiger partial charge in [-0.1, -0.05) is 48.5 Å². The molecule has 3 aromatic carbocycles. The van der Waals surface area contributed by atoms with E-state index in [1.165, 1.54) is 0 Å². The number of rotatable bonds is 5. The maximum Gasteiger partial charge on any atom is 0.256 e. The topological polar surface area (TPSA) is 93.5 Å². The Morgan fingerprint density at radius 3 is 2.60 bits per heavy atom. The van der Waals surface area contributed by atoms with E-state index < -0.39 is 10.0 Å². The van der Waals surface area contributed by atoms with Crippen molar-refractivity contribution in [2.24, 2.45) is 7.05 Å². The molecule has 2 heterocycles. The number of para-hydroxylation sites is 1. The first kappa shape index (κ1) is 22.9. The van der Waals surface area contributed by atoms with Gasteiger partial charge in [-0.05, 0) is 25.1 Å². The zero-order valence-corrected chi connectivity index (χ0v) is 20.4. The molecule has 35 heavy (non-hydrogen) atoms. The molecule has 0 aliphatic carbocycles. The number of nitrogens with one attached hydrogen (secondary N) is 1. The monoisotopic (exact) mass is 490 g/mol. The van der Waals surface area contributed by atoms with Crippen LogP contribution in [0.3, 0.4) is 0 Å². The summed E-state index contributed by atoms with van der Waals surface area (Å²) in [4.78, 5) is 20.4. The van der Waals surface area contributed by atoms with Crippen LogP contribution in [0, 0.1) is 0 Å². The zero-order valence-electron chi connectivity index (χ0n) is 19.6. The highest BCUT2D eigenvalue weighted by Crippen LogP contribution is 2.31. The van der Waals surface area contributed by atoms with Gasteiger partial charge in [0.1, 0.15) is 18.2 Å². The average molecular weight is 491 g/mol. The Labute approximate surface area is 204 Å². The van der Waals surface area contributed by atoms with Crippen molar-refractivity contribution >= 4 is 32.7 Å². The minimum absolute atomic E-state index is 0.0773. The van der Waals surface area contributed by atoms with Gasteiger partial charge < -0.3 is 14.2 Å². The van der Waals surface area contributed by atoms with Crippen molar-refractivity contribution in [3.05, 3.63) is 77.9 Å². The summed E-state index contributed by atoms with van der Waals surface area (Å²) in [6, 6.07) is 20.6. The Morgan fingerprint density at radius 1 is 1.09 bits per heavy atom. The van der Waals surface area contributed by atoms with Crippen LogP contribution in [0.25, 0.3) is 22.4 Å². The van der Waals surface area contributed by atoms with E-state index >= 15 is 0 Å². The highest BCUT2D eigenvalue weighted by molar-refractivity contribution is 7.92. The van der Waals surface area contributed by atoms with Crippen LogP contribution in [-0.2, 0) is 23.6 Å². The standard InChI is InChI=1S/C26H26N4O4S/c1-3-35(32,33)28-20-15-21(26(31)30-13-14-34-23-12-8-7-11-19(23)17-30)24-22(16-20)27-25(29(24)2)18-9-5-4-6-10-18/h4-12,15-16,28H,3,13-14,17H2,1-2H3. The molecule has 0 saturated heterocycles. The fraction of sp³-hybridized carbons (Fsp3) is 0.231. The van der Waals surface area contributed by atoms with Crippen LogP contribution in [0.15, 0.2) is 66.7 Å². The van der Waals surface area contributed by atoms with Gasteiger partial charge in [0, 0.05) is 24.7 Å². The van der Waals surface area contributed by atoms with Gasteiger partial charge >= 0.3 is 0 Å². The molecular formula is C26H26N4O4S. The SMILES string of the molecule is CCS(=O)(=O)Nc1cc(C(=O)N2CCOc3ccccc3C2)c2c(c1)nc(-c1ccccc1)n2C. The minimum Gasteiger partial charge on any atom is -0.491 e. The smallest absolute Gasteiger partial charge is 0.256 e. The fourth-order valence-corrected chi connectivity index (χ4v) is 4.96. The van der Waals surface area contributed by atoms with Gasteiger partial charge in [0.05, 0.1) is 34.6 Å². The van der Waals surface area contributed by atoms with Crippen LogP contribution in [-0.4, -0.2) is 47.7 Å². The number of carbonyl (C=O) groups is 1. The highest BCUT2D eigenvalue weighted by atomic mass is 32.2. The van der Waals surface area contributed by atoms with Crippen molar-refractivity contribution in [3.8, 4) is 17.1 Å². The lowest BCUT2D eigenvalue weighted by atomic mass is 10.1. The summed E-state index contributed by atoms with van der Waals surface area (Å²) in [6.45, 7) is 2.73. The maximum atomic E-state index is 13.9. The Bertz CT molecular complexity index is 1510. The molecule has 1 amide bonds. The van der Waals surface area contributed by atoms with Crippen molar-refractivity contribution < 1.29 is 17.9 Å². The van der Waals surface area contributed by atoms with Gasteiger partial charge in [-0.3, -0.25) is 9.52 Å². The van der Waals surface area contributed by atoms with E-state index in [0.29, 0.717) is 47.8 Å². The summed E-state index contributed by atoms with van der Waals surface area (Å²) >= 11 is 0. The Kier molecular flexibility index (Phi) is 5.94. The number of aryl methyl sites for hydroxylation is 1. The molecule has 0 saturated carbocycles. The number of anilines is 1. The van der Waals surface area contributed by atoms with Gasteiger partial charge in [0.15, 0.2) is 0 Å². The Morgan fingerprint density at radius 2 is 1.83 bits per heavy atom. The first-order chi connectivity index (χ1) is 16.9. The predicted molar refractivity (Wildman–Crippen MR) is 136 cm³/mol. The van der Waals surface area contributed by atoms with Crippen molar-refractivity contribution in [2.75, 3.05) is 23.6 Å². The number of benzene rings is 3. The molecule has 0 radical (unpaired) electrons. The van der Waals surface area contributed by atoms with Crippen molar-refractivity contribution in [1.82, 2.24) is 14.5 Å². The molecular weight excluding hydrogens is 464 g/mol. The van der Waals surface area contributed by atoms with Crippen LogP contribution in [0.5, 0.6) is 5.75 Å². The number of nitrogens with zero attached hydrogens (tertiary/aromatic N) is 3. The fourth-order valence-electron chi connectivity index (χ4n) is 4.34. The summed E-state index contributed by atoms with van der Waals surface area (Å²) in [5.41, 5.74) is 3.70. The third-order valence-electron chi connectivity index (χ3n) is 6.12. The number of hydrogen-bond donors (Lipinski definition) is 1. The number of ether oxygens (including phenoxy) is 1. The van der Waals surface area contributed by atoms with Gasteiger partial charge in [-0.15, -0.1) is 0 Å².